The van der Waals surface area contributed by atoms with Crippen molar-refractivity contribution in [3.63, 3.8) is 0 Å². The zero-order valence-corrected chi connectivity index (χ0v) is 9.17. The van der Waals surface area contributed by atoms with Crippen molar-refractivity contribution in [3.05, 3.63) is 18.2 Å². The van der Waals surface area contributed by atoms with Crippen LogP contribution in [0.5, 0.6) is 0 Å². The molecular formula is C9H16N4O4. The molecule has 1 rings (SSSR count). The van der Waals surface area contributed by atoms with E-state index in [-0.39, 0.29) is 19.4 Å². The van der Waals surface area contributed by atoms with Crippen LogP contribution in [0.2, 0.25) is 0 Å². The van der Waals surface area contributed by atoms with Gasteiger partial charge in [0.1, 0.15) is 6.04 Å². The molecule has 0 bridgehead atoms. The lowest BCUT2D eigenvalue weighted by atomic mass is 10.2. The van der Waals surface area contributed by atoms with Gasteiger partial charge < -0.3 is 26.7 Å². The van der Waals surface area contributed by atoms with Gasteiger partial charge in [0.15, 0.2) is 0 Å². The molecule has 0 aliphatic rings. The number of imidazole rings is 1. The van der Waals surface area contributed by atoms with Gasteiger partial charge in [-0.25, -0.2) is 4.98 Å². The number of rotatable bonds is 5. The molecule has 0 amide bonds. The van der Waals surface area contributed by atoms with Gasteiger partial charge in [0.05, 0.1) is 12.7 Å². The zero-order valence-electron chi connectivity index (χ0n) is 9.17. The first-order valence-electron chi connectivity index (χ1n) is 4.84. The van der Waals surface area contributed by atoms with E-state index in [2.05, 4.69) is 9.97 Å². The number of hydrogen-bond donors (Lipinski definition) is 5. The second kappa shape index (κ2) is 8.25. The number of carboxylic acids is 2. The maximum atomic E-state index is 10.3. The van der Waals surface area contributed by atoms with Crippen molar-refractivity contribution < 1.29 is 19.8 Å². The third kappa shape index (κ3) is 7.94. The molecule has 0 fully saturated rings. The molecule has 17 heavy (non-hydrogen) atoms. The Hall–Kier alpha value is -1.93. The number of nitrogens with one attached hydrogen (secondary N) is 1. The highest BCUT2D eigenvalue weighted by Crippen LogP contribution is 1.95. The number of aromatic amines is 1. The lowest BCUT2D eigenvalue weighted by molar-refractivity contribution is -0.138. The van der Waals surface area contributed by atoms with E-state index in [0.717, 1.165) is 5.69 Å². The van der Waals surface area contributed by atoms with Crippen LogP contribution in [-0.2, 0) is 16.0 Å². The van der Waals surface area contributed by atoms with Crippen LogP contribution in [0, 0.1) is 0 Å². The summed E-state index contributed by atoms with van der Waals surface area (Å²) in [7, 11) is 0. The van der Waals surface area contributed by atoms with Crippen molar-refractivity contribution >= 4 is 11.9 Å². The second-order valence-electron chi connectivity index (χ2n) is 3.16. The van der Waals surface area contributed by atoms with Crippen LogP contribution in [0.3, 0.4) is 0 Å². The van der Waals surface area contributed by atoms with Crippen LogP contribution in [0.15, 0.2) is 12.5 Å². The van der Waals surface area contributed by atoms with E-state index in [9.17, 15) is 9.59 Å². The van der Waals surface area contributed by atoms with Gasteiger partial charge in [-0.2, -0.15) is 0 Å². The average Bonchev–Trinajstić information content (AvgIpc) is 2.70. The Balaban J connectivity index is 0.000000366. The Labute approximate surface area is 97.6 Å². The summed E-state index contributed by atoms with van der Waals surface area (Å²) in [6.45, 7) is 0.231. The minimum absolute atomic E-state index is 0.0694. The number of aliphatic carboxylic acids is 2. The van der Waals surface area contributed by atoms with E-state index in [4.69, 9.17) is 21.7 Å². The summed E-state index contributed by atoms with van der Waals surface area (Å²) < 4.78 is 0. The molecular weight excluding hydrogens is 228 g/mol. The Morgan fingerprint density at radius 2 is 2.12 bits per heavy atom. The highest BCUT2D eigenvalue weighted by atomic mass is 16.4. The number of H-pyrrole nitrogens is 1. The summed E-state index contributed by atoms with van der Waals surface area (Å²) >= 11 is 0. The largest absolute Gasteiger partial charge is 0.481 e. The molecule has 1 aromatic rings. The highest BCUT2D eigenvalue weighted by Gasteiger charge is 2.11. The smallest absolute Gasteiger partial charge is 0.320 e. The normalized spacial score (nSPS) is 11.2. The fourth-order valence-electron chi connectivity index (χ4n) is 0.844. The molecule has 1 unspecified atom stereocenters. The van der Waals surface area contributed by atoms with Gasteiger partial charge in [-0.3, -0.25) is 9.59 Å². The Morgan fingerprint density at radius 3 is 2.41 bits per heavy atom. The van der Waals surface area contributed by atoms with Gasteiger partial charge in [0, 0.05) is 24.9 Å². The second-order valence-corrected chi connectivity index (χ2v) is 3.16. The van der Waals surface area contributed by atoms with Crippen molar-refractivity contribution in [3.8, 4) is 0 Å². The summed E-state index contributed by atoms with van der Waals surface area (Å²) in [6.07, 6.45) is 3.40. The molecule has 96 valence electrons. The van der Waals surface area contributed by atoms with Gasteiger partial charge >= 0.3 is 11.9 Å². The maximum Gasteiger partial charge on any atom is 0.320 e. The molecule has 0 radical (unpaired) electrons. The first-order valence-corrected chi connectivity index (χ1v) is 4.84. The van der Waals surface area contributed by atoms with Gasteiger partial charge in [0.25, 0.3) is 0 Å². The fraction of sp³-hybridized carbons (Fsp3) is 0.444. The van der Waals surface area contributed by atoms with Gasteiger partial charge in [0.2, 0.25) is 0 Å². The zero-order chi connectivity index (χ0) is 13.3. The fourth-order valence-corrected chi connectivity index (χ4v) is 0.844. The molecule has 0 aliphatic heterocycles. The first kappa shape index (κ1) is 15.1. The highest BCUT2D eigenvalue weighted by molar-refractivity contribution is 5.73. The van der Waals surface area contributed by atoms with Crippen LogP contribution in [0.1, 0.15) is 12.1 Å². The first-order chi connectivity index (χ1) is 7.97. The molecule has 1 heterocycles. The third-order valence-corrected chi connectivity index (χ3v) is 1.67. The molecule has 8 heteroatoms. The number of hydrogen-bond acceptors (Lipinski definition) is 5. The molecule has 1 atom stereocenters. The minimum Gasteiger partial charge on any atom is -0.481 e. The van der Waals surface area contributed by atoms with E-state index < -0.39 is 18.0 Å². The Morgan fingerprint density at radius 1 is 1.47 bits per heavy atom. The topological polar surface area (TPSA) is 155 Å². The minimum atomic E-state index is -1.00. The van der Waals surface area contributed by atoms with Crippen LogP contribution in [0.4, 0.5) is 0 Å². The van der Waals surface area contributed by atoms with E-state index in [0.29, 0.717) is 0 Å². The van der Waals surface area contributed by atoms with Crippen molar-refractivity contribution in [2.45, 2.75) is 18.9 Å². The Bertz CT molecular complexity index is 339. The van der Waals surface area contributed by atoms with Crippen LogP contribution in [0.25, 0.3) is 0 Å². The number of carbonyl (C=O) groups is 2. The third-order valence-electron chi connectivity index (χ3n) is 1.67. The van der Waals surface area contributed by atoms with E-state index in [1.165, 1.54) is 6.33 Å². The summed E-state index contributed by atoms with van der Waals surface area (Å²) in [5.41, 5.74) is 10.8. The van der Waals surface area contributed by atoms with Crippen molar-refractivity contribution in [1.82, 2.24) is 9.97 Å². The number of nitrogens with zero attached hydrogens (tertiary/aromatic N) is 1. The predicted molar refractivity (Wildman–Crippen MR) is 59.2 cm³/mol. The van der Waals surface area contributed by atoms with Crippen molar-refractivity contribution in [2.75, 3.05) is 6.54 Å². The molecule has 1 aromatic heterocycles. The van der Waals surface area contributed by atoms with Crippen LogP contribution < -0.4 is 11.5 Å². The van der Waals surface area contributed by atoms with Crippen molar-refractivity contribution in [1.29, 1.82) is 0 Å². The molecule has 0 aromatic carbocycles. The van der Waals surface area contributed by atoms with Crippen LogP contribution >= 0.6 is 0 Å². The quantitative estimate of drug-likeness (QED) is 0.434. The van der Waals surface area contributed by atoms with Crippen LogP contribution in [-0.4, -0.2) is 44.7 Å². The number of carboxylic acid groups (broad SMARTS) is 2. The van der Waals surface area contributed by atoms with Gasteiger partial charge in [-0.15, -0.1) is 0 Å². The summed E-state index contributed by atoms with van der Waals surface area (Å²) in [6, 6.07) is -0.851. The monoisotopic (exact) mass is 244 g/mol. The Kier molecular flexibility index (Phi) is 7.31. The summed E-state index contributed by atoms with van der Waals surface area (Å²) in [4.78, 5) is 26.3. The van der Waals surface area contributed by atoms with E-state index >= 15 is 0 Å². The maximum absolute atomic E-state index is 10.3. The molecule has 8 nitrogen and oxygen atoms in total. The molecule has 7 N–H and O–H groups in total. The average molecular weight is 244 g/mol. The lowest BCUT2D eigenvalue weighted by Gasteiger charge is -2.02. The van der Waals surface area contributed by atoms with Crippen molar-refractivity contribution in [2.24, 2.45) is 11.5 Å². The number of nitrogens with two attached hydrogens (primary N) is 2. The lowest BCUT2D eigenvalue weighted by Crippen LogP contribution is -2.32. The summed E-state index contributed by atoms with van der Waals surface area (Å²) in [5.74, 6) is -1.84. The molecule has 0 aliphatic carbocycles. The van der Waals surface area contributed by atoms with E-state index in [1.807, 2.05) is 0 Å². The van der Waals surface area contributed by atoms with E-state index in [1.54, 1.807) is 6.20 Å². The molecule has 0 saturated heterocycles. The van der Waals surface area contributed by atoms with Gasteiger partial charge in [-0.1, -0.05) is 0 Å². The molecule has 0 saturated carbocycles. The SMILES string of the molecule is NC(Cc1cnc[nH]1)C(=O)O.NCCC(=O)O. The standard InChI is InChI=1S/C6H9N3O2.C3H7NO2/c7-5(6(10)11)1-4-2-8-3-9-4;4-2-1-3(5)6/h2-3,5H,1,7H2,(H,8,9)(H,10,11);1-2,4H2,(H,5,6). The van der Waals surface area contributed by atoms with Gasteiger partial charge in [-0.05, 0) is 0 Å². The predicted octanol–water partition coefficient (Wildman–Crippen LogP) is -1.22. The number of aromatic nitrogens is 2. The summed E-state index contributed by atoms with van der Waals surface area (Å²) in [5, 5.41) is 16.3. The molecule has 0 spiro atoms.